The van der Waals surface area contributed by atoms with Crippen molar-refractivity contribution in [2.45, 2.75) is 31.6 Å². The zero-order valence-electron chi connectivity index (χ0n) is 10.9. The highest BCUT2D eigenvalue weighted by atomic mass is 16.4. The highest BCUT2D eigenvalue weighted by molar-refractivity contribution is 5.70. The van der Waals surface area contributed by atoms with Crippen molar-refractivity contribution < 1.29 is 9.90 Å². The summed E-state index contributed by atoms with van der Waals surface area (Å²) in [5, 5.41) is 8.84. The molecular formula is C15H21NO2. The molecule has 1 saturated heterocycles. The highest BCUT2D eigenvalue weighted by Crippen LogP contribution is 2.28. The predicted octanol–water partition coefficient (Wildman–Crippen LogP) is 2.51. The quantitative estimate of drug-likeness (QED) is 0.892. The van der Waals surface area contributed by atoms with Crippen molar-refractivity contribution in [1.29, 1.82) is 0 Å². The van der Waals surface area contributed by atoms with Crippen LogP contribution < -0.4 is 0 Å². The van der Waals surface area contributed by atoms with Gasteiger partial charge in [-0.2, -0.15) is 0 Å². The molecule has 0 amide bonds. The first-order valence-corrected chi connectivity index (χ1v) is 6.64. The number of hydrogen-bond acceptors (Lipinski definition) is 2. The zero-order chi connectivity index (χ0) is 13.0. The lowest BCUT2D eigenvalue weighted by Gasteiger charge is -2.16. The van der Waals surface area contributed by atoms with Gasteiger partial charge in [0.1, 0.15) is 0 Å². The standard InChI is InChI=1S/C15H21NO2/c1-16-8-3-6-13(7-9-16)14-5-2-4-12(10-14)11-15(17)18/h2,4-5,10,13H,3,6-9,11H2,1H3,(H,17,18). The van der Waals surface area contributed by atoms with E-state index in [0.717, 1.165) is 12.1 Å². The van der Waals surface area contributed by atoms with E-state index in [1.165, 1.54) is 31.4 Å². The normalized spacial score (nSPS) is 21.5. The van der Waals surface area contributed by atoms with Crippen LogP contribution in [0.1, 0.15) is 36.3 Å². The average molecular weight is 247 g/mol. The van der Waals surface area contributed by atoms with Crippen LogP contribution in [-0.4, -0.2) is 36.1 Å². The molecule has 1 fully saturated rings. The summed E-state index contributed by atoms with van der Waals surface area (Å²) in [7, 11) is 2.17. The van der Waals surface area contributed by atoms with Gasteiger partial charge in [-0.25, -0.2) is 0 Å². The third kappa shape index (κ3) is 3.57. The molecule has 0 radical (unpaired) electrons. The minimum Gasteiger partial charge on any atom is -0.481 e. The topological polar surface area (TPSA) is 40.5 Å². The smallest absolute Gasteiger partial charge is 0.307 e. The molecule has 1 heterocycles. The molecule has 0 bridgehead atoms. The van der Waals surface area contributed by atoms with Crippen molar-refractivity contribution in [2.24, 2.45) is 0 Å². The van der Waals surface area contributed by atoms with Crippen LogP contribution in [0, 0.1) is 0 Å². The maximum Gasteiger partial charge on any atom is 0.307 e. The summed E-state index contributed by atoms with van der Waals surface area (Å²) in [6.45, 7) is 2.30. The van der Waals surface area contributed by atoms with Crippen LogP contribution in [-0.2, 0) is 11.2 Å². The van der Waals surface area contributed by atoms with E-state index in [1.54, 1.807) is 0 Å². The van der Waals surface area contributed by atoms with Gasteiger partial charge in [-0.15, -0.1) is 0 Å². The first-order chi connectivity index (χ1) is 8.65. The molecule has 1 atom stereocenters. The van der Waals surface area contributed by atoms with Crippen molar-refractivity contribution in [3.05, 3.63) is 35.4 Å². The zero-order valence-corrected chi connectivity index (χ0v) is 10.9. The second kappa shape index (κ2) is 6.01. The minimum atomic E-state index is -0.757. The molecule has 98 valence electrons. The Kier molecular flexibility index (Phi) is 4.37. The van der Waals surface area contributed by atoms with Crippen molar-refractivity contribution in [1.82, 2.24) is 4.90 Å². The second-order valence-electron chi connectivity index (χ2n) is 5.25. The van der Waals surface area contributed by atoms with Crippen LogP contribution in [0.5, 0.6) is 0 Å². The van der Waals surface area contributed by atoms with Crippen molar-refractivity contribution in [3.63, 3.8) is 0 Å². The molecule has 1 aromatic rings. The van der Waals surface area contributed by atoms with Crippen molar-refractivity contribution in [2.75, 3.05) is 20.1 Å². The highest BCUT2D eigenvalue weighted by Gasteiger charge is 2.16. The molecule has 1 unspecified atom stereocenters. The number of carbonyl (C=O) groups is 1. The predicted molar refractivity (Wildman–Crippen MR) is 71.9 cm³/mol. The summed E-state index contributed by atoms with van der Waals surface area (Å²) < 4.78 is 0. The Morgan fingerprint density at radius 3 is 3.00 bits per heavy atom. The molecule has 0 saturated carbocycles. The van der Waals surface area contributed by atoms with Gasteiger partial charge in [-0.3, -0.25) is 4.79 Å². The molecule has 0 aromatic heterocycles. The lowest BCUT2D eigenvalue weighted by Crippen LogP contribution is -2.18. The lowest BCUT2D eigenvalue weighted by atomic mass is 9.90. The largest absolute Gasteiger partial charge is 0.481 e. The van der Waals surface area contributed by atoms with Crippen LogP contribution in [0.2, 0.25) is 0 Å². The fourth-order valence-electron chi connectivity index (χ4n) is 2.70. The lowest BCUT2D eigenvalue weighted by molar-refractivity contribution is -0.136. The SMILES string of the molecule is CN1CCCC(c2cccc(CC(=O)O)c2)CC1. The molecular weight excluding hydrogens is 226 g/mol. The van der Waals surface area contributed by atoms with Crippen LogP contribution in [0.15, 0.2) is 24.3 Å². The summed E-state index contributed by atoms with van der Waals surface area (Å²) in [6.07, 6.45) is 3.73. The fraction of sp³-hybridized carbons (Fsp3) is 0.533. The molecule has 3 heteroatoms. The van der Waals surface area contributed by atoms with Gasteiger partial charge >= 0.3 is 5.97 Å². The van der Waals surface area contributed by atoms with E-state index in [4.69, 9.17) is 5.11 Å². The molecule has 18 heavy (non-hydrogen) atoms. The van der Waals surface area contributed by atoms with Crippen LogP contribution in [0.4, 0.5) is 0 Å². The first-order valence-electron chi connectivity index (χ1n) is 6.64. The number of likely N-dealkylation sites (tertiary alicyclic amines) is 1. The van der Waals surface area contributed by atoms with Crippen LogP contribution in [0.25, 0.3) is 0 Å². The van der Waals surface area contributed by atoms with Gasteiger partial charge in [0.05, 0.1) is 6.42 Å². The Labute approximate surface area is 108 Å². The summed E-state index contributed by atoms with van der Waals surface area (Å²) >= 11 is 0. The fourth-order valence-corrected chi connectivity index (χ4v) is 2.70. The number of carboxylic acids is 1. The Bertz CT molecular complexity index is 417. The molecule has 1 aliphatic rings. The third-order valence-electron chi connectivity index (χ3n) is 3.73. The number of carboxylic acid groups (broad SMARTS) is 1. The third-order valence-corrected chi connectivity index (χ3v) is 3.73. The van der Waals surface area contributed by atoms with Gasteiger partial charge in [-0.1, -0.05) is 24.3 Å². The van der Waals surface area contributed by atoms with Crippen molar-refractivity contribution >= 4 is 5.97 Å². The number of nitrogens with zero attached hydrogens (tertiary/aromatic N) is 1. The van der Waals surface area contributed by atoms with E-state index < -0.39 is 5.97 Å². The second-order valence-corrected chi connectivity index (χ2v) is 5.25. The van der Waals surface area contributed by atoms with E-state index >= 15 is 0 Å². The molecule has 1 aromatic carbocycles. The van der Waals surface area contributed by atoms with Gasteiger partial charge in [-0.05, 0) is 56.4 Å². The number of aliphatic carboxylic acids is 1. The molecule has 0 aliphatic carbocycles. The van der Waals surface area contributed by atoms with E-state index in [1.807, 2.05) is 12.1 Å². The number of rotatable bonds is 3. The maximum absolute atomic E-state index is 10.7. The Hall–Kier alpha value is -1.35. The average Bonchev–Trinajstić information content (AvgIpc) is 2.53. The Balaban J connectivity index is 2.09. The molecule has 0 spiro atoms. The monoisotopic (exact) mass is 247 g/mol. The van der Waals surface area contributed by atoms with E-state index in [0.29, 0.717) is 5.92 Å². The molecule has 1 aliphatic heterocycles. The van der Waals surface area contributed by atoms with Gasteiger partial charge < -0.3 is 10.0 Å². The molecule has 1 N–H and O–H groups in total. The van der Waals surface area contributed by atoms with Gasteiger partial charge in [0.25, 0.3) is 0 Å². The Morgan fingerprint density at radius 2 is 2.22 bits per heavy atom. The summed E-state index contributed by atoms with van der Waals surface area (Å²) in [5.74, 6) is -0.170. The van der Waals surface area contributed by atoms with Crippen molar-refractivity contribution in [3.8, 4) is 0 Å². The Morgan fingerprint density at radius 1 is 1.39 bits per heavy atom. The molecule has 3 nitrogen and oxygen atoms in total. The van der Waals surface area contributed by atoms with Gasteiger partial charge in [0, 0.05) is 0 Å². The summed E-state index contributed by atoms with van der Waals surface area (Å²) in [5.41, 5.74) is 2.22. The van der Waals surface area contributed by atoms with E-state index in [2.05, 4.69) is 24.1 Å². The van der Waals surface area contributed by atoms with Gasteiger partial charge in [0.15, 0.2) is 0 Å². The maximum atomic E-state index is 10.7. The summed E-state index contributed by atoms with van der Waals surface area (Å²) in [4.78, 5) is 13.1. The van der Waals surface area contributed by atoms with Crippen LogP contribution in [0.3, 0.4) is 0 Å². The van der Waals surface area contributed by atoms with E-state index in [-0.39, 0.29) is 6.42 Å². The summed E-state index contributed by atoms with van der Waals surface area (Å²) in [6, 6.07) is 8.11. The number of hydrogen-bond donors (Lipinski definition) is 1. The van der Waals surface area contributed by atoms with Crippen LogP contribution >= 0.6 is 0 Å². The van der Waals surface area contributed by atoms with E-state index in [9.17, 15) is 4.79 Å². The number of benzene rings is 1. The molecule has 2 rings (SSSR count). The van der Waals surface area contributed by atoms with Gasteiger partial charge in [0.2, 0.25) is 0 Å². The first kappa shape index (κ1) is 13.1. The minimum absolute atomic E-state index is 0.125.